The highest BCUT2D eigenvalue weighted by atomic mass is 32.1. The molecular weight excluding hydrogens is 316 g/mol. The lowest BCUT2D eigenvalue weighted by Gasteiger charge is -2.30. The van der Waals surface area contributed by atoms with Crippen LogP contribution in [0, 0.1) is 0 Å². The van der Waals surface area contributed by atoms with Crippen LogP contribution >= 0.6 is 24.8 Å². The topological polar surface area (TPSA) is 78.3 Å². The van der Waals surface area contributed by atoms with Gasteiger partial charge < -0.3 is 16.2 Å². The number of hydrogen-bond acceptors (Lipinski definition) is 3. The molecule has 2 rings (SSSR count). The summed E-state index contributed by atoms with van der Waals surface area (Å²) in [6, 6.07) is 19.8. The van der Waals surface area contributed by atoms with Gasteiger partial charge in [-0.05, 0) is 30.3 Å². The Morgan fingerprint density at radius 3 is 1.59 bits per heavy atom. The van der Waals surface area contributed by atoms with Crippen LogP contribution in [-0.2, 0) is 10.3 Å². The van der Waals surface area contributed by atoms with Crippen LogP contribution < -0.4 is 11.5 Å². The average Bonchev–Trinajstić information content (AvgIpc) is 2.48. The summed E-state index contributed by atoms with van der Waals surface area (Å²) < 4.78 is 5.72. The monoisotopic (exact) mass is 334 g/mol. The summed E-state index contributed by atoms with van der Waals surface area (Å²) in [6.45, 7) is 1.97. The molecule has 0 atom stereocenters. The fourth-order valence-corrected chi connectivity index (χ4v) is 2.16. The average molecular weight is 334 g/mol. The van der Waals surface area contributed by atoms with E-state index in [1.165, 1.54) is 0 Å². The summed E-state index contributed by atoms with van der Waals surface area (Å²) >= 11 is 8.00. The van der Waals surface area contributed by atoms with Crippen LogP contribution in [-0.4, -0.2) is 10.4 Å². The van der Waals surface area contributed by atoms with Crippen LogP contribution in [0.4, 0.5) is 4.79 Å². The maximum Gasteiger partial charge on any atom is 0.273 e. The van der Waals surface area contributed by atoms with Crippen LogP contribution in [0.5, 0.6) is 0 Å². The Morgan fingerprint density at radius 2 is 1.32 bits per heavy atom. The van der Waals surface area contributed by atoms with Gasteiger partial charge in [-0.1, -0.05) is 73.3 Å². The Balaban J connectivity index is 0.000000541. The second kappa shape index (κ2) is 8.41. The lowest BCUT2D eigenvalue weighted by molar-refractivity contribution is 0.120. The predicted molar refractivity (Wildman–Crippen MR) is 95.8 cm³/mol. The summed E-state index contributed by atoms with van der Waals surface area (Å²) in [4.78, 5) is 9.09. The Bertz CT molecular complexity index is 575. The lowest BCUT2D eigenvalue weighted by Crippen LogP contribution is -2.32. The zero-order valence-electron chi connectivity index (χ0n) is 12.1. The van der Waals surface area contributed by atoms with Crippen molar-refractivity contribution in [3.63, 3.8) is 0 Å². The summed E-state index contributed by atoms with van der Waals surface area (Å²) in [7, 11) is 0. The summed E-state index contributed by atoms with van der Waals surface area (Å²) in [5, 5.41) is -0.592. The summed E-state index contributed by atoms with van der Waals surface area (Å²) in [5.41, 5.74) is 11.3. The normalized spacial score (nSPS) is 10.1. The van der Waals surface area contributed by atoms with E-state index in [-0.39, 0.29) is 5.17 Å². The number of primary amides is 1. The molecule has 2 aromatic rings. The van der Waals surface area contributed by atoms with E-state index < -0.39 is 10.8 Å². The first kappa shape index (κ1) is 18.0. The Labute approximate surface area is 140 Å². The van der Waals surface area contributed by atoms with Crippen LogP contribution in [0.2, 0.25) is 0 Å². The molecule has 0 aliphatic heterocycles. The summed E-state index contributed by atoms with van der Waals surface area (Å²) in [5.74, 6) is 0. The highest BCUT2D eigenvalue weighted by Gasteiger charge is 2.31. The molecule has 1 amide bonds. The first-order chi connectivity index (χ1) is 10.4. The van der Waals surface area contributed by atoms with E-state index in [0.717, 1.165) is 11.1 Å². The quantitative estimate of drug-likeness (QED) is 0.595. The molecule has 0 heterocycles. The zero-order valence-corrected chi connectivity index (χ0v) is 13.8. The third-order valence-corrected chi connectivity index (χ3v) is 3.04. The minimum Gasteiger partial charge on any atom is -0.455 e. The largest absolute Gasteiger partial charge is 0.455 e. The maximum absolute atomic E-state index is 9.09. The number of carbonyl (C=O) groups is 1. The third-order valence-electron chi connectivity index (χ3n) is 2.95. The number of benzene rings is 2. The van der Waals surface area contributed by atoms with E-state index in [4.69, 9.17) is 27.5 Å². The van der Waals surface area contributed by atoms with Gasteiger partial charge in [0, 0.05) is 0 Å². The van der Waals surface area contributed by atoms with Gasteiger partial charge in [-0.15, -0.1) is 0 Å². The van der Waals surface area contributed by atoms with Crippen LogP contribution in [0.1, 0.15) is 18.1 Å². The van der Waals surface area contributed by atoms with Crippen molar-refractivity contribution in [1.82, 2.24) is 0 Å². The van der Waals surface area contributed by atoms with Crippen LogP contribution in [0.25, 0.3) is 0 Å². The molecule has 0 spiro atoms. The highest BCUT2D eigenvalue weighted by molar-refractivity contribution is 7.96. The van der Waals surface area contributed by atoms with E-state index in [1.54, 1.807) is 0 Å². The van der Waals surface area contributed by atoms with Gasteiger partial charge in [0.25, 0.3) is 10.4 Å². The molecule has 0 aromatic heterocycles. The Morgan fingerprint density at radius 1 is 1.00 bits per heavy atom. The molecule has 0 aliphatic rings. The van der Waals surface area contributed by atoms with Gasteiger partial charge in [-0.25, -0.2) is 0 Å². The second-order valence-corrected chi connectivity index (χ2v) is 5.37. The number of nitrogens with two attached hydrogens (primary N) is 2. The molecule has 4 nitrogen and oxygen atoms in total. The molecular formula is C16H18N2O2S2. The van der Waals surface area contributed by atoms with Gasteiger partial charge in [0.05, 0.1) is 0 Å². The van der Waals surface area contributed by atoms with Gasteiger partial charge in [-0.2, -0.15) is 0 Å². The van der Waals surface area contributed by atoms with Crippen molar-refractivity contribution in [2.24, 2.45) is 11.5 Å². The van der Waals surface area contributed by atoms with Crippen molar-refractivity contribution in [2.75, 3.05) is 0 Å². The molecule has 6 heteroatoms. The van der Waals surface area contributed by atoms with Crippen molar-refractivity contribution in [3.05, 3.63) is 71.8 Å². The zero-order chi connectivity index (χ0) is 16.6. The standard InChI is InChI=1S/C15H15NOS.CH3NOS/c1-15(17-14(16)18,12-8-4-2-5-9-12)13-10-6-3-7-11-13;2-1(3)4/h2-11H,1H3,(H2,16,18);(H3,2,3,4). The Hall–Kier alpha value is -2.05. The van der Waals surface area contributed by atoms with Crippen LogP contribution in [0.3, 0.4) is 0 Å². The molecule has 2 aromatic carbocycles. The summed E-state index contributed by atoms with van der Waals surface area (Å²) in [6.07, 6.45) is 0. The number of thiocarbonyl (C=S) groups is 1. The number of amides is 1. The minimum atomic E-state index is -0.658. The fraction of sp³-hybridized carbons (Fsp3) is 0.125. The molecule has 0 saturated heterocycles. The van der Waals surface area contributed by atoms with E-state index in [9.17, 15) is 0 Å². The Kier molecular flexibility index (Phi) is 6.88. The minimum absolute atomic E-state index is 0.0465. The number of hydrogen-bond donors (Lipinski definition) is 3. The van der Waals surface area contributed by atoms with Crippen LogP contribution in [0.15, 0.2) is 60.7 Å². The van der Waals surface area contributed by atoms with Gasteiger partial charge in [0.2, 0.25) is 0 Å². The molecule has 0 saturated carbocycles. The molecule has 0 fully saturated rings. The highest BCUT2D eigenvalue weighted by Crippen LogP contribution is 2.32. The molecule has 22 heavy (non-hydrogen) atoms. The first-order valence-corrected chi connectivity index (χ1v) is 7.29. The maximum atomic E-state index is 9.09. The SMILES string of the molecule is CC(OC(N)=S)(c1ccccc1)c1ccccc1.NC(=O)S. The molecule has 0 unspecified atom stereocenters. The number of thiol groups is 1. The molecule has 0 bridgehead atoms. The van der Waals surface area contributed by atoms with E-state index in [0.29, 0.717) is 0 Å². The molecule has 0 aliphatic carbocycles. The van der Waals surface area contributed by atoms with Crippen molar-refractivity contribution in [1.29, 1.82) is 0 Å². The molecule has 116 valence electrons. The van der Waals surface area contributed by atoms with Gasteiger partial charge in [0.15, 0.2) is 5.60 Å². The van der Waals surface area contributed by atoms with E-state index in [2.05, 4.69) is 18.4 Å². The van der Waals surface area contributed by atoms with Gasteiger partial charge >= 0.3 is 0 Å². The van der Waals surface area contributed by atoms with Crippen molar-refractivity contribution >= 4 is 35.3 Å². The fourth-order valence-electron chi connectivity index (χ4n) is 2.00. The smallest absolute Gasteiger partial charge is 0.273 e. The number of carbonyl (C=O) groups excluding carboxylic acids is 1. The number of ether oxygens (including phenoxy) is 1. The predicted octanol–water partition coefficient (Wildman–Crippen LogP) is 3.21. The van der Waals surface area contributed by atoms with E-state index in [1.807, 2.05) is 67.6 Å². The van der Waals surface area contributed by atoms with Crippen molar-refractivity contribution in [3.8, 4) is 0 Å². The van der Waals surface area contributed by atoms with E-state index >= 15 is 0 Å². The van der Waals surface area contributed by atoms with Crippen molar-refractivity contribution < 1.29 is 9.53 Å². The first-order valence-electron chi connectivity index (χ1n) is 6.44. The lowest BCUT2D eigenvalue weighted by atomic mass is 9.88. The van der Waals surface area contributed by atoms with Gasteiger partial charge in [0.1, 0.15) is 0 Å². The number of rotatable bonds is 3. The molecule has 0 radical (unpaired) electrons. The third kappa shape index (κ3) is 5.38. The van der Waals surface area contributed by atoms with Crippen molar-refractivity contribution in [2.45, 2.75) is 12.5 Å². The second-order valence-electron chi connectivity index (χ2n) is 4.52. The molecule has 4 N–H and O–H groups in total. The van der Waals surface area contributed by atoms with Gasteiger partial charge in [-0.3, -0.25) is 4.79 Å².